The first-order valence-corrected chi connectivity index (χ1v) is 9.11. The van der Waals surface area contributed by atoms with Gasteiger partial charge in [0.2, 0.25) is 0 Å². The van der Waals surface area contributed by atoms with Crippen molar-refractivity contribution in [1.29, 1.82) is 0 Å². The van der Waals surface area contributed by atoms with E-state index < -0.39 is 10.2 Å². The van der Waals surface area contributed by atoms with Crippen LogP contribution in [0.5, 0.6) is 0 Å². The van der Waals surface area contributed by atoms with Crippen LogP contribution in [0.1, 0.15) is 47.0 Å². The third-order valence-electron chi connectivity index (χ3n) is 3.97. The molecule has 2 atom stereocenters. The lowest BCUT2D eigenvalue weighted by Crippen LogP contribution is -2.50. The average molecular weight is 305 g/mol. The summed E-state index contributed by atoms with van der Waals surface area (Å²) in [6, 6.07) is 0.556. The molecule has 0 radical (unpaired) electrons. The van der Waals surface area contributed by atoms with Crippen molar-refractivity contribution < 1.29 is 8.42 Å². The molecule has 6 heteroatoms. The van der Waals surface area contributed by atoms with Gasteiger partial charge in [0.05, 0.1) is 0 Å². The summed E-state index contributed by atoms with van der Waals surface area (Å²) in [5, 5.41) is 3.31. The van der Waals surface area contributed by atoms with E-state index in [9.17, 15) is 8.42 Å². The van der Waals surface area contributed by atoms with E-state index in [1.165, 1.54) is 4.31 Å². The molecule has 0 aromatic heterocycles. The number of rotatable bonds is 7. The van der Waals surface area contributed by atoms with Crippen LogP contribution in [-0.2, 0) is 10.2 Å². The molecule has 2 unspecified atom stereocenters. The number of nitrogens with one attached hydrogen (secondary N) is 1. The molecule has 1 heterocycles. The van der Waals surface area contributed by atoms with Gasteiger partial charge in [-0.1, -0.05) is 20.8 Å². The molecule has 1 fully saturated rings. The molecule has 20 heavy (non-hydrogen) atoms. The van der Waals surface area contributed by atoms with Crippen LogP contribution in [-0.4, -0.2) is 55.8 Å². The highest BCUT2D eigenvalue weighted by Crippen LogP contribution is 2.25. The largest absolute Gasteiger partial charge is 0.314 e. The van der Waals surface area contributed by atoms with Gasteiger partial charge in [-0.3, -0.25) is 0 Å². The molecule has 0 aromatic rings. The molecule has 0 spiro atoms. The number of hydrogen-bond acceptors (Lipinski definition) is 3. The van der Waals surface area contributed by atoms with E-state index >= 15 is 0 Å². The lowest BCUT2D eigenvalue weighted by molar-refractivity contribution is 0.208. The number of hydrogen-bond donors (Lipinski definition) is 1. The van der Waals surface area contributed by atoms with Gasteiger partial charge in [-0.2, -0.15) is 17.0 Å². The summed E-state index contributed by atoms with van der Waals surface area (Å²) in [7, 11) is -1.61. The monoisotopic (exact) mass is 305 g/mol. The zero-order valence-corrected chi connectivity index (χ0v) is 14.4. The maximum atomic E-state index is 12.6. The van der Waals surface area contributed by atoms with Crippen LogP contribution in [0, 0.1) is 5.92 Å². The van der Waals surface area contributed by atoms with Crippen LogP contribution in [0.25, 0.3) is 0 Å². The third kappa shape index (κ3) is 4.98. The van der Waals surface area contributed by atoms with Gasteiger partial charge in [-0.25, -0.2) is 0 Å². The molecule has 1 saturated heterocycles. The van der Waals surface area contributed by atoms with Crippen LogP contribution in [0.15, 0.2) is 0 Å². The van der Waals surface area contributed by atoms with Gasteiger partial charge >= 0.3 is 0 Å². The smallest absolute Gasteiger partial charge is 0.281 e. The van der Waals surface area contributed by atoms with Crippen LogP contribution >= 0.6 is 0 Å². The minimum atomic E-state index is -3.30. The lowest BCUT2D eigenvalue weighted by atomic mass is 9.95. The molecule has 1 aliphatic heterocycles. The molecular formula is C14H31N3O2S. The Morgan fingerprint density at radius 2 is 2.00 bits per heavy atom. The van der Waals surface area contributed by atoms with Crippen LogP contribution < -0.4 is 5.32 Å². The Hall–Kier alpha value is -0.170. The van der Waals surface area contributed by atoms with Crippen molar-refractivity contribution >= 4 is 10.2 Å². The number of nitrogens with zero attached hydrogens (tertiary/aromatic N) is 2. The maximum absolute atomic E-state index is 12.6. The van der Waals surface area contributed by atoms with Crippen molar-refractivity contribution in [2.24, 2.45) is 5.92 Å². The predicted octanol–water partition coefficient (Wildman–Crippen LogP) is 1.67. The summed E-state index contributed by atoms with van der Waals surface area (Å²) < 4.78 is 28.3. The topological polar surface area (TPSA) is 52.7 Å². The Kier molecular flexibility index (Phi) is 6.91. The van der Waals surface area contributed by atoms with Crippen LogP contribution in [0.2, 0.25) is 0 Å². The first-order valence-electron chi connectivity index (χ1n) is 7.71. The van der Waals surface area contributed by atoms with E-state index in [-0.39, 0.29) is 6.04 Å². The summed E-state index contributed by atoms with van der Waals surface area (Å²) >= 11 is 0. The Morgan fingerprint density at radius 1 is 1.35 bits per heavy atom. The molecule has 1 N–H and O–H groups in total. The highest BCUT2D eigenvalue weighted by atomic mass is 32.2. The second-order valence-corrected chi connectivity index (χ2v) is 8.37. The normalized spacial score (nSPS) is 25.6. The van der Waals surface area contributed by atoms with Crippen molar-refractivity contribution in [3.8, 4) is 0 Å². The van der Waals surface area contributed by atoms with Crippen LogP contribution in [0.3, 0.4) is 0 Å². The highest BCUT2D eigenvalue weighted by Gasteiger charge is 2.34. The summed E-state index contributed by atoms with van der Waals surface area (Å²) in [6.07, 6.45) is 2.76. The van der Waals surface area contributed by atoms with Gasteiger partial charge in [-0.15, -0.1) is 0 Å². The van der Waals surface area contributed by atoms with Gasteiger partial charge in [0, 0.05) is 32.2 Å². The Morgan fingerprint density at radius 3 is 2.55 bits per heavy atom. The van der Waals surface area contributed by atoms with Gasteiger partial charge in [0.1, 0.15) is 0 Å². The standard InChI is InChI=1S/C14H31N3O2S/c1-12(2)15-8-6-9-16(5)20(18,19)17-10-7-13(3)11-14(17)4/h12-15H,6-11H2,1-5H3. The van der Waals surface area contributed by atoms with E-state index in [1.54, 1.807) is 11.4 Å². The zero-order valence-electron chi connectivity index (χ0n) is 13.6. The van der Waals surface area contributed by atoms with E-state index in [2.05, 4.69) is 26.1 Å². The fourth-order valence-electron chi connectivity index (χ4n) is 2.72. The molecule has 1 aliphatic rings. The second-order valence-electron chi connectivity index (χ2n) is 6.38. The van der Waals surface area contributed by atoms with E-state index in [4.69, 9.17) is 0 Å². The van der Waals surface area contributed by atoms with Crippen molar-refractivity contribution in [1.82, 2.24) is 13.9 Å². The van der Waals surface area contributed by atoms with E-state index in [0.29, 0.717) is 25.0 Å². The maximum Gasteiger partial charge on any atom is 0.281 e. The SMILES string of the molecule is CC1CCN(S(=O)(=O)N(C)CCCNC(C)C)C(C)C1. The van der Waals surface area contributed by atoms with Crippen molar-refractivity contribution in [2.75, 3.05) is 26.7 Å². The molecule has 0 amide bonds. The lowest BCUT2D eigenvalue weighted by Gasteiger charge is -2.37. The molecule has 1 rings (SSSR count). The third-order valence-corrected chi connectivity index (χ3v) is 6.08. The molecule has 0 saturated carbocycles. The average Bonchev–Trinajstić information content (AvgIpc) is 2.33. The molecule has 5 nitrogen and oxygen atoms in total. The Balaban J connectivity index is 2.50. The van der Waals surface area contributed by atoms with E-state index in [1.807, 2.05) is 6.92 Å². The first kappa shape index (κ1) is 17.9. The van der Waals surface area contributed by atoms with Gasteiger partial charge in [0.25, 0.3) is 10.2 Å². The quantitative estimate of drug-likeness (QED) is 0.728. The highest BCUT2D eigenvalue weighted by molar-refractivity contribution is 7.86. The minimum absolute atomic E-state index is 0.111. The fraction of sp³-hybridized carbons (Fsp3) is 1.00. The molecule has 0 aromatic carbocycles. The zero-order chi connectivity index (χ0) is 15.3. The molecule has 0 aliphatic carbocycles. The van der Waals surface area contributed by atoms with Crippen LogP contribution in [0.4, 0.5) is 0 Å². The van der Waals surface area contributed by atoms with E-state index in [0.717, 1.165) is 25.8 Å². The minimum Gasteiger partial charge on any atom is -0.314 e. The predicted molar refractivity (Wildman–Crippen MR) is 83.9 cm³/mol. The van der Waals surface area contributed by atoms with Gasteiger partial charge < -0.3 is 5.32 Å². The number of piperidine rings is 1. The fourth-order valence-corrected chi connectivity index (χ4v) is 4.31. The molecule has 120 valence electrons. The summed E-state index contributed by atoms with van der Waals surface area (Å²) in [5.74, 6) is 0.622. The van der Waals surface area contributed by atoms with Gasteiger partial charge in [0.15, 0.2) is 0 Å². The van der Waals surface area contributed by atoms with Crippen molar-refractivity contribution in [3.63, 3.8) is 0 Å². The molecule has 0 bridgehead atoms. The summed E-state index contributed by atoms with van der Waals surface area (Å²) in [6.45, 7) is 10.5. The van der Waals surface area contributed by atoms with Crippen molar-refractivity contribution in [3.05, 3.63) is 0 Å². The Bertz CT molecular complexity index is 384. The summed E-state index contributed by atoms with van der Waals surface area (Å²) in [4.78, 5) is 0. The molecular weight excluding hydrogens is 274 g/mol. The second kappa shape index (κ2) is 7.73. The van der Waals surface area contributed by atoms with Crippen molar-refractivity contribution in [2.45, 2.75) is 59.0 Å². The summed E-state index contributed by atoms with van der Waals surface area (Å²) in [5.41, 5.74) is 0. The first-order chi connectivity index (χ1) is 9.25. The Labute approximate surface area is 124 Å². The van der Waals surface area contributed by atoms with Gasteiger partial charge in [-0.05, 0) is 38.6 Å².